The van der Waals surface area contributed by atoms with Crippen molar-refractivity contribution in [3.05, 3.63) is 29.8 Å². The van der Waals surface area contributed by atoms with Crippen LogP contribution in [0.5, 0.6) is 0 Å². The lowest BCUT2D eigenvalue weighted by molar-refractivity contribution is 0.532. The van der Waals surface area contributed by atoms with E-state index in [1.807, 2.05) is 0 Å². The molecule has 7 heteroatoms. The molecule has 0 radical (unpaired) electrons. The van der Waals surface area contributed by atoms with Crippen molar-refractivity contribution in [2.75, 3.05) is 5.88 Å². The number of sulfonamides is 1. The van der Waals surface area contributed by atoms with Gasteiger partial charge in [-0.25, -0.2) is 21.9 Å². The van der Waals surface area contributed by atoms with Crippen LogP contribution >= 0.6 is 11.6 Å². The maximum Gasteiger partial charge on any atom is 0.243 e. The first-order chi connectivity index (χ1) is 7.86. The lowest BCUT2D eigenvalue weighted by Gasteiger charge is -2.13. The molecule has 1 rings (SSSR count). The predicted molar refractivity (Wildman–Crippen MR) is 61.5 cm³/mol. The SMILES string of the molecule is CC(CCCl)NS(=O)(=O)c1ccc(F)cc1F. The summed E-state index contributed by atoms with van der Waals surface area (Å²) in [6, 6.07) is 1.90. The Morgan fingerprint density at radius 1 is 1.41 bits per heavy atom. The zero-order valence-corrected chi connectivity index (χ0v) is 10.7. The van der Waals surface area contributed by atoms with E-state index in [0.717, 1.165) is 12.1 Å². The van der Waals surface area contributed by atoms with Crippen molar-refractivity contribution in [1.82, 2.24) is 4.72 Å². The van der Waals surface area contributed by atoms with Gasteiger partial charge < -0.3 is 0 Å². The average Bonchev–Trinajstić information content (AvgIpc) is 2.15. The van der Waals surface area contributed by atoms with Gasteiger partial charge in [-0.3, -0.25) is 0 Å². The molecule has 0 aliphatic rings. The van der Waals surface area contributed by atoms with Crippen molar-refractivity contribution in [3.8, 4) is 0 Å². The van der Waals surface area contributed by atoms with Crippen LogP contribution in [0.4, 0.5) is 8.78 Å². The zero-order valence-electron chi connectivity index (χ0n) is 9.08. The molecule has 17 heavy (non-hydrogen) atoms. The lowest BCUT2D eigenvalue weighted by Crippen LogP contribution is -2.33. The van der Waals surface area contributed by atoms with Gasteiger partial charge in [0.15, 0.2) is 0 Å². The van der Waals surface area contributed by atoms with E-state index in [1.165, 1.54) is 0 Å². The molecule has 96 valence electrons. The number of rotatable bonds is 5. The van der Waals surface area contributed by atoms with Gasteiger partial charge in [0.2, 0.25) is 10.0 Å². The van der Waals surface area contributed by atoms with Crippen molar-refractivity contribution in [1.29, 1.82) is 0 Å². The Kier molecular flexibility index (Phi) is 4.85. The molecule has 1 N–H and O–H groups in total. The summed E-state index contributed by atoms with van der Waals surface area (Å²) in [6.07, 6.45) is 0.420. The van der Waals surface area contributed by atoms with Gasteiger partial charge in [0.1, 0.15) is 16.5 Å². The normalized spacial score (nSPS) is 13.6. The van der Waals surface area contributed by atoms with E-state index in [2.05, 4.69) is 4.72 Å². The molecule has 0 saturated carbocycles. The fourth-order valence-corrected chi connectivity index (χ4v) is 2.91. The maximum absolute atomic E-state index is 13.3. The Morgan fingerprint density at radius 3 is 2.59 bits per heavy atom. The zero-order chi connectivity index (χ0) is 13.1. The maximum atomic E-state index is 13.3. The summed E-state index contributed by atoms with van der Waals surface area (Å²) in [5.74, 6) is -1.65. The van der Waals surface area contributed by atoms with E-state index in [4.69, 9.17) is 11.6 Å². The quantitative estimate of drug-likeness (QED) is 0.843. The van der Waals surface area contributed by atoms with Gasteiger partial charge in [-0.2, -0.15) is 0 Å². The van der Waals surface area contributed by atoms with E-state index >= 15 is 0 Å². The minimum Gasteiger partial charge on any atom is -0.208 e. The van der Waals surface area contributed by atoms with Gasteiger partial charge in [-0.05, 0) is 25.5 Å². The largest absolute Gasteiger partial charge is 0.243 e. The molecule has 0 spiro atoms. The monoisotopic (exact) mass is 283 g/mol. The summed E-state index contributed by atoms with van der Waals surface area (Å²) in [7, 11) is -3.98. The fraction of sp³-hybridized carbons (Fsp3) is 0.400. The molecule has 0 aliphatic heterocycles. The molecule has 3 nitrogen and oxygen atoms in total. The number of halogens is 3. The summed E-state index contributed by atoms with van der Waals surface area (Å²) in [5, 5.41) is 0. The van der Waals surface area contributed by atoms with Crippen LogP contribution in [0.3, 0.4) is 0 Å². The predicted octanol–water partition coefficient (Wildman–Crippen LogP) is 2.26. The first-order valence-electron chi connectivity index (χ1n) is 4.90. The molecular formula is C10H12ClF2NO2S. The van der Waals surface area contributed by atoms with Crippen LogP contribution in [0.1, 0.15) is 13.3 Å². The minimum absolute atomic E-state index is 0.287. The molecule has 0 heterocycles. The third-order valence-corrected chi connectivity index (χ3v) is 3.92. The molecule has 0 amide bonds. The molecule has 1 unspecified atom stereocenters. The second-order valence-corrected chi connectivity index (χ2v) is 5.64. The Hall–Kier alpha value is -0.720. The van der Waals surface area contributed by atoms with E-state index in [-0.39, 0.29) is 5.88 Å². The smallest absolute Gasteiger partial charge is 0.208 e. The molecule has 0 aromatic heterocycles. The number of hydrogen-bond donors (Lipinski definition) is 1. The Morgan fingerprint density at radius 2 is 2.06 bits per heavy atom. The highest BCUT2D eigenvalue weighted by molar-refractivity contribution is 7.89. The standard InChI is InChI=1S/C10H12ClF2NO2S/c1-7(4-5-11)14-17(15,16)10-3-2-8(12)6-9(10)13/h2-3,6-7,14H,4-5H2,1H3. The fourth-order valence-electron chi connectivity index (χ4n) is 1.24. The highest BCUT2D eigenvalue weighted by Gasteiger charge is 2.21. The topological polar surface area (TPSA) is 46.2 Å². The van der Waals surface area contributed by atoms with Crippen LogP contribution in [0.25, 0.3) is 0 Å². The van der Waals surface area contributed by atoms with E-state index < -0.39 is 32.6 Å². The molecule has 1 atom stereocenters. The average molecular weight is 284 g/mol. The summed E-state index contributed by atoms with van der Waals surface area (Å²) in [4.78, 5) is -0.569. The van der Waals surface area contributed by atoms with Gasteiger partial charge in [0.05, 0.1) is 0 Å². The van der Waals surface area contributed by atoms with Gasteiger partial charge in [0.25, 0.3) is 0 Å². The van der Waals surface area contributed by atoms with Gasteiger partial charge >= 0.3 is 0 Å². The molecule has 1 aromatic rings. The highest BCUT2D eigenvalue weighted by Crippen LogP contribution is 2.16. The van der Waals surface area contributed by atoms with Gasteiger partial charge in [0, 0.05) is 18.0 Å². The molecule has 0 saturated heterocycles. The first kappa shape index (κ1) is 14.3. The van der Waals surface area contributed by atoms with Crippen LogP contribution in [-0.2, 0) is 10.0 Å². The summed E-state index contributed by atoms with van der Waals surface area (Å²) < 4.78 is 51.7. The van der Waals surface area contributed by atoms with Crippen molar-refractivity contribution in [2.45, 2.75) is 24.3 Å². The van der Waals surface area contributed by atoms with Crippen LogP contribution in [-0.4, -0.2) is 20.3 Å². The van der Waals surface area contributed by atoms with Gasteiger partial charge in [-0.15, -0.1) is 11.6 Å². The Balaban J connectivity index is 2.97. The number of nitrogens with one attached hydrogen (secondary N) is 1. The summed E-state index contributed by atoms with van der Waals surface area (Å²) in [5.41, 5.74) is 0. The minimum atomic E-state index is -3.98. The third kappa shape index (κ3) is 3.90. The van der Waals surface area contributed by atoms with Crippen LogP contribution < -0.4 is 4.72 Å². The van der Waals surface area contributed by atoms with Crippen LogP contribution in [0.15, 0.2) is 23.1 Å². The van der Waals surface area contributed by atoms with E-state index in [0.29, 0.717) is 12.5 Å². The second-order valence-electron chi connectivity index (χ2n) is 3.57. The van der Waals surface area contributed by atoms with Crippen molar-refractivity contribution >= 4 is 21.6 Å². The van der Waals surface area contributed by atoms with Crippen molar-refractivity contribution < 1.29 is 17.2 Å². The molecule has 0 aliphatic carbocycles. The molecule has 0 bridgehead atoms. The highest BCUT2D eigenvalue weighted by atomic mass is 35.5. The third-order valence-electron chi connectivity index (χ3n) is 2.08. The first-order valence-corrected chi connectivity index (χ1v) is 6.92. The van der Waals surface area contributed by atoms with E-state index in [9.17, 15) is 17.2 Å². The number of hydrogen-bond acceptors (Lipinski definition) is 2. The lowest BCUT2D eigenvalue weighted by atomic mass is 10.3. The summed E-state index contributed by atoms with van der Waals surface area (Å²) >= 11 is 5.46. The Labute approximate surface area is 104 Å². The van der Waals surface area contributed by atoms with Crippen LogP contribution in [0.2, 0.25) is 0 Å². The molecule has 0 fully saturated rings. The number of alkyl halides is 1. The Bertz CT molecular complexity index is 493. The summed E-state index contributed by atoms with van der Waals surface area (Å²) in [6.45, 7) is 1.61. The molecule has 1 aromatic carbocycles. The van der Waals surface area contributed by atoms with E-state index in [1.54, 1.807) is 6.92 Å². The number of benzene rings is 1. The van der Waals surface area contributed by atoms with Crippen molar-refractivity contribution in [2.24, 2.45) is 0 Å². The van der Waals surface area contributed by atoms with Crippen molar-refractivity contribution in [3.63, 3.8) is 0 Å². The molecular weight excluding hydrogens is 272 g/mol. The van der Waals surface area contributed by atoms with Crippen LogP contribution in [0, 0.1) is 11.6 Å². The van der Waals surface area contributed by atoms with Gasteiger partial charge in [-0.1, -0.05) is 0 Å². The second kappa shape index (κ2) is 5.75.